The van der Waals surface area contributed by atoms with Crippen LogP contribution in [-0.2, 0) is 0 Å². The zero-order valence-electron chi connectivity index (χ0n) is 12.9. The highest BCUT2D eigenvalue weighted by Crippen LogP contribution is 2.30. The first-order valence-electron chi connectivity index (χ1n) is 7.69. The largest absolute Gasteiger partial charge is 0.352 e. The molecule has 21 heavy (non-hydrogen) atoms. The van der Waals surface area contributed by atoms with Crippen molar-refractivity contribution in [2.75, 3.05) is 13.1 Å². The van der Waals surface area contributed by atoms with Gasteiger partial charge in [0.2, 0.25) is 0 Å². The standard InChI is InChI=1S/C18H24N2O/c1-13-8-9-15(7-4-10-19)17(11-13)18(21)20-12-16-6-3-5-14(16)2/h8-9,11,14,16H,3,5-6,10,12,19H2,1-2H3,(H,20,21). The van der Waals surface area contributed by atoms with Crippen molar-refractivity contribution in [3.63, 3.8) is 0 Å². The number of hydrogen-bond donors (Lipinski definition) is 2. The van der Waals surface area contributed by atoms with Crippen molar-refractivity contribution >= 4 is 5.91 Å². The van der Waals surface area contributed by atoms with Gasteiger partial charge in [0.05, 0.1) is 12.1 Å². The number of benzene rings is 1. The monoisotopic (exact) mass is 284 g/mol. The normalized spacial score (nSPS) is 20.7. The Morgan fingerprint density at radius 3 is 2.90 bits per heavy atom. The highest BCUT2D eigenvalue weighted by molar-refractivity contribution is 5.97. The molecular weight excluding hydrogens is 260 g/mol. The van der Waals surface area contributed by atoms with Crippen LogP contribution < -0.4 is 11.1 Å². The molecule has 0 spiro atoms. The van der Waals surface area contributed by atoms with E-state index < -0.39 is 0 Å². The molecule has 2 unspecified atom stereocenters. The fourth-order valence-corrected chi connectivity index (χ4v) is 2.95. The number of carbonyl (C=O) groups excluding carboxylic acids is 1. The lowest BCUT2D eigenvalue weighted by Gasteiger charge is -2.16. The number of aryl methyl sites for hydroxylation is 1. The molecule has 1 aliphatic carbocycles. The van der Waals surface area contributed by atoms with Gasteiger partial charge in [0.15, 0.2) is 0 Å². The second-order valence-corrected chi connectivity index (χ2v) is 5.93. The molecule has 0 heterocycles. The fourth-order valence-electron chi connectivity index (χ4n) is 2.95. The molecule has 0 bridgehead atoms. The summed E-state index contributed by atoms with van der Waals surface area (Å²) in [5.41, 5.74) is 7.88. The van der Waals surface area contributed by atoms with Crippen LogP contribution in [0.3, 0.4) is 0 Å². The smallest absolute Gasteiger partial charge is 0.252 e. The Hall–Kier alpha value is -1.79. The molecule has 2 rings (SSSR count). The van der Waals surface area contributed by atoms with Crippen LogP contribution in [0.5, 0.6) is 0 Å². The molecule has 1 amide bonds. The van der Waals surface area contributed by atoms with E-state index in [-0.39, 0.29) is 5.91 Å². The van der Waals surface area contributed by atoms with Crippen LogP contribution in [0.1, 0.15) is 47.7 Å². The van der Waals surface area contributed by atoms with E-state index in [0.29, 0.717) is 23.9 Å². The van der Waals surface area contributed by atoms with Crippen LogP contribution in [0, 0.1) is 30.6 Å². The quantitative estimate of drug-likeness (QED) is 0.838. The summed E-state index contributed by atoms with van der Waals surface area (Å²) >= 11 is 0. The van der Waals surface area contributed by atoms with Gasteiger partial charge in [-0.3, -0.25) is 4.79 Å². The number of hydrogen-bond acceptors (Lipinski definition) is 2. The molecule has 3 nitrogen and oxygen atoms in total. The minimum Gasteiger partial charge on any atom is -0.352 e. The van der Waals surface area contributed by atoms with Gasteiger partial charge in [-0.2, -0.15) is 0 Å². The summed E-state index contributed by atoms with van der Waals surface area (Å²) in [6, 6.07) is 5.76. The van der Waals surface area contributed by atoms with E-state index in [2.05, 4.69) is 24.1 Å². The van der Waals surface area contributed by atoms with Crippen LogP contribution >= 0.6 is 0 Å². The molecule has 3 N–H and O–H groups in total. The molecule has 1 aromatic rings. The van der Waals surface area contributed by atoms with Gasteiger partial charge in [-0.25, -0.2) is 0 Å². The average Bonchev–Trinajstić information content (AvgIpc) is 2.88. The number of nitrogens with two attached hydrogens (primary N) is 1. The summed E-state index contributed by atoms with van der Waals surface area (Å²) in [4.78, 5) is 12.4. The van der Waals surface area contributed by atoms with Crippen molar-refractivity contribution in [3.8, 4) is 11.8 Å². The summed E-state index contributed by atoms with van der Waals surface area (Å²) in [6.07, 6.45) is 3.77. The van der Waals surface area contributed by atoms with Gasteiger partial charge >= 0.3 is 0 Å². The first kappa shape index (κ1) is 15.6. The Balaban J connectivity index is 2.08. The molecule has 0 aliphatic heterocycles. The second kappa shape index (κ2) is 7.28. The van der Waals surface area contributed by atoms with Gasteiger partial charge in [-0.1, -0.05) is 43.2 Å². The Labute approximate surface area is 127 Å². The van der Waals surface area contributed by atoms with Crippen LogP contribution in [0.4, 0.5) is 0 Å². The molecular formula is C18H24N2O. The lowest BCUT2D eigenvalue weighted by molar-refractivity contribution is 0.0944. The van der Waals surface area contributed by atoms with Gasteiger partial charge in [-0.15, -0.1) is 0 Å². The minimum absolute atomic E-state index is 0.0286. The van der Waals surface area contributed by atoms with Gasteiger partial charge < -0.3 is 11.1 Å². The maximum Gasteiger partial charge on any atom is 0.252 e. The van der Waals surface area contributed by atoms with Crippen LogP contribution in [0.15, 0.2) is 18.2 Å². The Morgan fingerprint density at radius 2 is 2.24 bits per heavy atom. The van der Waals surface area contributed by atoms with Crippen LogP contribution in [0.25, 0.3) is 0 Å². The van der Waals surface area contributed by atoms with E-state index in [0.717, 1.165) is 17.7 Å². The van der Waals surface area contributed by atoms with Crippen molar-refractivity contribution in [2.45, 2.75) is 33.1 Å². The first-order chi connectivity index (χ1) is 10.1. The summed E-state index contributed by atoms with van der Waals surface area (Å²) in [7, 11) is 0. The molecule has 2 atom stereocenters. The van der Waals surface area contributed by atoms with Gasteiger partial charge in [-0.05, 0) is 37.3 Å². The van der Waals surface area contributed by atoms with Crippen LogP contribution in [-0.4, -0.2) is 19.0 Å². The SMILES string of the molecule is Cc1ccc(C#CCN)c(C(=O)NCC2CCCC2C)c1. The second-order valence-electron chi connectivity index (χ2n) is 5.93. The number of carbonyl (C=O) groups is 1. The van der Waals surface area contributed by atoms with E-state index >= 15 is 0 Å². The van der Waals surface area contributed by atoms with Crippen molar-refractivity contribution in [1.29, 1.82) is 0 Å². The van der Waals surface area contributed by atoms with Gasteiger partial charge in [0.1, 0.15) is 0 Å². The van der Waals surface area contributed by atoms with Crippen molar-refractivity contribution in [3.05, 3.63) is 34.9 Å². The molecule has 1 fully saturated rings. The zero-order chi connectivity index (χ0) is 15.2. The molecule has 3 heteroatoms. The maximum absolute atomic E-state index is 12.4. The fraction of sp³-hybridized carbons (Fsp3) is 0.500. The molecule has 1 aromatic carbocycles. The van der Waals surface area contributed by atoms with Gasteiger partial charge in [0, 0.05) is 12.1 Å². The number of rotatable bonds is 3. The summed E-state index contributed by atoms with van der Waals surface area (Å²) in [5, 5.41) is 3.08. The molecule has 112 valence electrons. The van der Waals surface area contributed by atoms with Gasteiger partial charge in [0.25, 0.3) is 5.91 Å². The topological polar surface area (TPSA) is 55.1 Å². The zero-order valence-corrected chi connectivity index (χ0v) is 12.9. The molecule has 0 radical (unpaired) electrons. The maximum atomic E-state index is 12.4. The third-order valence-electron chi connectivity index (χ3n) is 4.31. The Bertz CT molecular complexity index is 568. The number of amides is 1. The van der Waals surface area contributed by atoms with E-state index in [1.54, 1.807) is 0 Å². The lowest BCUT2D eigenvalue weighted by Crippen LogP contribution is -2.30. The lowest BCUT2D eigenvalue weighted by atomic mass is 9.98. The van der Waals surface area contributed by atoms with E-state index in [1.807, 2.05) is 25.1 Å². The predicted molar refractivity (Wildman–Crippen MR) is 85.9 cm³/mol. The Kier molecular flexibility index (Phi) is 5.41. The highest BCUT2D eigenvalue weighted by atomic mass is 16.1. The summed E-state index contributed by atoms with van der Waals surface area (Å²) < 4.78 is 0. The number of nitrogens with one attached hydrogen (secondary N) is 1. The predicted octanol–water partition coefficient (Wildman–Crippen LogP) is 2.47. The third kappa shape index (κ3) is 4.09. The molecule has 0 saturated heterocycles. The molecule has 0 aromatic heterocycles. The van der Waals surface area contributed by atoms with Crippen molar-refractivity contribution in [2.24, 2.45) is 17.6 Å². The molecule has 1 aliphatic rings. The van der Waals surface area contributed by atoms with Crippen LogP contribution in [0.2, 0.25) is 0 Å². The van der Waals surface area contributed by atoms with E-state index in [9.17, 15) is 4.79 Å². The first-order valence-corrected chi connectivity index (χ1v) is 7.69. The molecule has 1 saturated carbocycles. The minimum atomic E-state index is -0.0286. The highest BCUT2D eigenvalue weighted by Gasteiger charge is 2.24. The summed E-state index contributed by atoms with van der Waals surface area (Å²) in [6.45, 7) is 5.32. The summed E-state index contributed by atoms with van der Waals surface area (Å²) in [5.74, 6) is 7.09. The Morgan fingerprint density at radius 1 is 1.43 bits per heavy atom. The van der Waals surface area contributed by atoms with E-state index in [4.69, 9.17) is 5.73 Å². The van der Waals surface area contributed by atoms with Crippen molar-refractivity contribution in [1.82, 2.24) is 5.32 Å². The third-order valence-corrected chi connectivity index (χ3v) is 4.31. The van der Waals surface area contributed by atoms with E-state index in [1.165, 1.54) is 19.3 Å². The van der Waals surface area contributed by atoms with Crippen molar-refractivity contribution < 1.29 is 4.79 Å². The average molecular weight is 284 g/mol.